The van der Waals surface area contributed by atoms with E-state index in [4.69, 9.17) is 15.5 Å². The Labute approximate surface area is 206 Å². The highest BCUT2D eigenvalue weighted by molar-refractivity contribution is 5.89. The van der Waals surface area contributed by atoms with E-state index < -0.39 is 17.3 Å². The third kappa shape index (κ3) is 4.52. The summed E-state index contributed by atoms with van der Waals surface area (Å²) < 4.78 is 35.0. The van der Waals surface area contributed by atoms with Crippen LogP contribution in [-0.4, -0.2) is 60.3 Å². The summed E-state index contributed by atoms with van der Waals surface area (Å²) in [5.74, 6) is -1.37. The molecule has 4 aromatic rings. The molecule has 1 fully saturated rings. The summed E-state index contributed by atoms with van der Waals surface area (Å²) in [6.07, 6.45) is 1.01. The van der Waals surface area contributed by atoms with Crippen LogP contribution in [-0.2, 0) is 11.3 Å². The van der Waals surface area contributed by atoms with E-state index >= 15 is 4.39 Å². The topological polar surface area (TPSA) is 100 Å². The molecule has 3 aromatic heterocycles. The Morgan fingerprint density at radius 3 is 2.58 bits per heavy atom. The minimum absolute atomic E-state index is 0.0423. The fourth-order valence-corrected chi connectivity index (χ4v) is 4.46. The van der Waals surface area contributed by atoms with Gasteiger partial charge < -0.3 is 25.3 Å². The van der Waals surface area contributed by atoms with Crippen molar-refractivity contribution in [1.29, 1.82) is 0 Å². The van der Waals surface area contributed by atoms with E-state index in [-0.39, 0.29) is 22.2 Å². The number of anilines is 2. The summed E-state index contributed by atoms with van der Waals surface area (Å²) in [6.45, 7) is 3.36. The number of aromatic nitrogens is 3. The molecule has 0 amide bonds. The normalized spacial score (nSPS) is 14.1. The summed E-state index contributed by atoms with van der Waals surface area (Å²) in [7, 11) is 3.90. The number of ether oxygens (including phenoxy) is 1. The van der Waals surface area contributed by atoms with Gasteiger partial charge in [0, 0.05) is 42.2 Å². The van der Waals surface area contributed by atoms with Crippen LogP contribution in [0.4, 0.5) is 20.3 Å². The zero-order valence-corrected chi connectivity index (χ0v) is 20.0. The van der Waals surface area contributed by atoms with Crippen LogP contribution < -0.4 is 16.2 Å². The average Bonchev–Trinajstić information content (AvgIpc) is 2.86. The van der Waals surface area contributed by atoms with E-state index in [2.05, 4.69) is 14.9 Å². The summed E-state index contributed by atoms with van der Waals surface area (Å²) in [5.41, 5.74) is 8.99. The van der Waals surface area contributed by atoms with Crippen molar-refractivity contribution in [2.24, 2.45) is 0 Å². The molecule has 0 saturated carbocycles. The van der Waals surface area contributed by atoms with Gasteiger partial charge in [-0.2, -0.15) is 4.39 Å². The molecule has 5 rings (SSSR count). The van der Waals surface area contributed by atoms with Crippen LogP contribution in [0.5, 0.6) is 0 Å². The van der Waals surface area contributed by atoms with Gasteiger partial charge in [0.1, 0.15) is 11.6 Å². The van der Waals surface area contributed by atoms with Crippen molar-refractivity contribution >= 4 is 22.3 Å². The lowest BCUT2D eigenvalue weighted by Crippen LogP contribution is -2.37. The van der Waals surface area contributed by atoms with E-state index in [1.54, 1.807) is 18.2 Å². The summed E-state index contributed by atoms with van der Waals surface area (Å²) in [4.78, 5) is 27.4. The van der Waals surface area contributed by atoms with Gasteiger partial charge in [-0.15, -0.1) is 0 Å². The predicted molar refractivity (Wildman–Crippen MR) is 136 cm³/mol. The molecule has 0 atom stereocenters. The van der Waals surface area contributed by atoms with Crippen molar-refractivity contribution in [3.05, 3.63) is 70.4 Å². The average molecular weight is 493 g/mol. The number of halogens is 2. The second-order valence-electron chi connectivity index (χ2n) is 8.99. The number of hydrogen-bond donors (Lipinski definition) is 2. The van der Waals surface area contributed by atoms with E-state index in [0.717, 1.165) is 30.7 Å². The van der Waals surface area contributed by atoms with Gasteiger partial charge in [0.05, 0.1) is 35.9 Å². The maximum absolute atomic E-state index is 15.1. The fourth-order valence-electron chi connectivity index (χ4n) is 4.46. The molecule has 0 spiro atoms. The first-order chi connectivity index (χ1) is 17.3. The lowest BCUT2D eigenvalue weighted by atomic mass is 10.00. The van der Waals surface area contributed by atoms with Gasteiger partial charge in [-0.25, -0.2) is 14.4 Å². The molecule has 4 heterocycles. The van der Waals surface area contributed by atoms with Crippen LogP contribution in [0.1, 0.15) is 5.69 Å². The third-order valence-electron chi connectivity index (χ3n) is 6.21. The number of benzene rings is 1. The van der Waals surface area contributed by atoms with Crippen molar-refractivity contribution in [3.63, 3.8) is 0 Å². The van der Waals surface area contributed by atoms with E-state index in [0.29, 0.717) is 36.6 Å². The quantitative estimate of drug-likeness (QED) is 0.412. The van der Waals surface area contributed by atoms with Crippen molar-refractivity contribution in [2.45, 2.75) is 6.54 Å². The highest BCUT2D eigenvalue weighted by atomic mass is 19.1. The Morgan fingerprint density at radius 1 is 1.06 bits per heavy atom. The SMILES string of the molecule is CN(C)Cc1nc(-c2cc(-c3ccc4c(=O)[nH]cc(F)c4c3)c(N)nc2F)ccc1N1CCOCC1. The standard InChI is InChI=1S/C26H26F2N6O2/c1-33(2)14-22-23(34-7-9-36-10-8-34)6-5-21(31-22)19-12-17(25(29)32-24(19)28)15-3-4-16-18(11-15)20(27)13-30-26(16)35/h3-6,11-13H,7-10,14H2,1-2H3,(H2,29,32)(H,30,35). The third-order valence-corrected chi connectivity index (χ3v) is 6.21. The Balaban J connectivity index is 1.61. The van der Waals surface area contributed by atoms with Crippen molar-refractivity contribution in [2.75, 3.05) is 51.0 Å². The number of morpholine rings is 1. The summed E-state index contributed by atoms with van der Waals surface area (Å²) in [6, 6.07) is 9.95. The highest BCUT2D eigenvalue weighted by Gasteiger charge is 2.20. The molecular formula is C26H26F2N6O2. The van der Waals surface area contributed by atoms with Crippen molar-refractivity contribution in [3.8, 4) is 22.4 Å². The van der Waals surface area contributed by atoms with E-state index in [1.807, 2.05) is 25.1 Å². The fraction of sp³-hybridized carbons (Fsp3) is 0.269. The van der Waals surface area contributed by atoms with E-state index in [1.165, 1.54) is 12.1 Å². The van der Waals surface area contributed by atoms with Gasteiger partial charge in [-0.3, -0.25) is 4.79 Å². The number of H-pyrrole nitrogens is 1. The number of nitrogens with one attached hydrogen (secondary N) is 1. The van der Waals surface area contributed by atoms with Crippen molar-refractivity contribution < 1.29 is 13.5 Å². The Bertz CT molecular complexity index is 1500. The molecule has 3 N–H and O–H groups in total. The first-order valence-corrected chi connectivity index (χ1v) is 11.6. The van der Waals surface area contributed by atoms with Gasteiger partial charge in [0.15, 0.2) is 0 Å². The predicted octanol–water partition coefficient (Wildman–Crippen LogP) is 3.41. The summed E-state index contributed by atoms with van der Waals surface area (Å²) >= 11 is 0. The molecule has 8 nitrogen and oxygen atoms in total. The Morgan fingerprint density at radius 2 is 1.83 bits per heavy atom. The molecule has 1 aliphatic rings. The molecule has 0 aliphatic carbocycles. The molecule has 1 saturated heterocycles. The van der Waals surface area contributed by atoms with Gasteiger partial charge in [0.2, 0.25) is 5.95 Å². The number of rotatable bonds is 5. The number of hydrogen-bond acceptors (Lipinski definition) is 7. The molecule has 186 valence electrons. The van der Waals surface area contributed by atoms with E-state index in [9.17, 15) is 9.18 Å². The minimum Gasteiger partial charge on any atom is -0.383 e. The van der Waals surface area contributed by atoms with Gasteiger partial charge >= 0.3 is 0 Å². The number of nitrogens with two attached hydrogens (primary N) is 1. The lowest BCUT2D eigenvalue weighted by Gasteiger charge is -2.31. The van der Waals surface area contributed by atoms with Gasteiger partial charge in [-0.05, 0) is 50.0 Å². The number of aromatic amines is 1. The Kier molecular flexibility index (Phi) is 6.38. The van der Waals surface area contributed by atoms with Crippen LogP contribution in [0.2, 0.25) is 0 Å². The van der Waals surface area contributed by atoms with Crippen LogP contribution in [0, 0.1) is 11.8 Å². The van der Waals surface area contributed by atoms with Crippen LogP contribution in [0.25, 0.3) is 33.2 Å². The smallest absolute Gasteiger partial charge is 0.256 e. The maximum Gasteiger partial charge on any atom is 0.256 e. The van der Waals surface area contributed by atoms with Crippen LogP contribution in [0.3, 0.4) is 0 Å². The minimum atomic E-state index is -0.748. The second-order valence-corrected chi connectivity index (χ2v) is 8.99. The molecule has 0 unspecified atom stereocenters. The molecule has 0 bridgehead atoms. The molecule has 1 aromatic carbocycles. The van der Waals surface area contributed by atoms with Crippen LogP contribution >= 0.6 is 0 Å². The number of nitrogen functional groups attached to an aromatic ring is 1. The number of fused-ring (bicyclic) bond motifs is 1. The molecular weight excluding hydrogens is 466 g/mol. The second kappa shape index (κ2) is 9.63. The molecule has 1 aliphatic heterocycles. The zero-order chi connectivity index (χ0) is 25.4. The monoisotopic (exact) mass is 492 g/mol. The zero-order valence-electron chi connectivity index (χ0n) is 20.0. The molecule has 36 heavy (non-hydrogen) atoms. The molecule has 10 heteroatoms. The van der Waals surface area contributed by atoms with Crippen molar-refractivity contribution in [1.82, 2.24) is 19.9 Å². The Hall–Kier alpha value is -3.89. The first kappa shape index (κ1) is 23.8. The number of nitrogens with zero attached hydrogens (tertiary/aromatic N) is 4. The van der Waals surface area contributed by atoms with Gasteiger partial charge in [0.25, 0.3) is 5.56 Å². The first-order valence-electron chi connectivity index (χ1n) is 11.6. The highest BCUT2D eigenvalue weighted by Crippen LogP contribution is 2.34. The summed E-state index contributed by atoms with van der Waals surface area (Å²) in [5, 5.41) is 0.351. The maximum atomic E-state index is 15.1. The van der Waals surface area contributed by atoms with Gasteiger partial charge in [-0.1, -0.05) is 6.07 Å². The van der Waals surface area contributed by atoms with Crippen LogP contribution in [0.15, 0.2) is 47.4 Å². The molecule has 0 radical (unpaired) electrons. The number of pyridine rings is 3. The lowest BCUT2D eigenvalue weighted by molar-refractivity contribution is 0.122. The largest absolute Gasteiger partial charge is 0.383 e.